The van der Waals surface area contributed by atoms with Crippen LogP contribution in [0.25, 0.3) is 0 Å². The second-order valence-corrected chi connectivity index (χ2v) is 7.81. The lowest BCUT2D eigenvalue weighted by Gasteiger charge is -2.30. The van der Waals surface area contributed by atoms with E-state index < -0.39 is 0 Å². The van der Waals surface area contributed by atoms with E-state index in [0.29, 0.717) is 23.9 Å². The Labute approximate surface area is 150 Å². The number of aromatic nitrogens is 2. The van der Waals surface area contributed by atoms with Crippen molar-refractivity contribution >= 4 is 11.6 Å². The van der Waals surface area contributed by atoms with E-state index in [2.05, 4.69) is 68.2 Å². The normalized spacial score (nSPS) is 22.4. The first kappa shape index (κ1) is 16.4. The van der Waals surface area contributed by atoms with Crippen LogP contribution in [0.1, 0.15) is 75.4 Å². The third-order valence-corrected chi connectivity index (χ3v) is 5.64. The Bertz CT molecular complexity index is 770. The van der Waals surface area contributed by atoms with Crippen LogP contribution in [-0.4, -0.2) is 22.6 Å². The minimum atomic E-state index is 0.324. The monoisotopic (exact) mass is 336 g/mol. The van der Waals surface area contributed by atoms with Crippen LogP contribution in [0.3, 0.4) is 0 Å². The minimum absolute atomic E-state index is 0.324. The minimum Gasteiger partial charge on any atom is -0.367 e. The average molecular weight is 336 g/mol. The van der Waals surface area contributed by atoms with Gasteiger partial charge in [0.1, 0.15) is 17.5 Å². The molecule has 2 aromatic rings. The van der Waals surface area contributed by atoms with Crippen molar-refractivity contribution in [3.63, 3.8) is 0 Å². The fourth-order valence-corrected chi connectivity index (χ4v) is 4.08. The third-order valence-electron chi connectivity index (χ3n) is 5.64. The first-order chi connectivity index (χ1) is 12.1. The van der Waals surface area contributed by atoms with Crippen LogP contribution in [0.2, 0.25) is 0 Å². The third kappa shape index (κ3) is 2.88. The smallest absolute Gasteiger partial charge is 0.135 e. The molecule has 0 amide bonds. The van der Waals surface area contributed by atoms with Crippen LogP contribution in [0.5, 0.6) is 0 Å². The fourth-order valence-electron chi connectivity index (χ4n) is 4.08. The number of fused-ring (bicyclic) bond motifs is 5. The molecule has 2 heterocycles. The van der Waals surface area contributed by atoms with Gasteiger partial charge in [-0.25, -0.2) is 9.97 Å². The summed E-state index contributed by atoms with van der Waals surface area (Å²) in [4.78, 5) is 12.2. The van der Waals surface area contributed by atoms with Crippen molar-refractivity contribution in [3.05, 3.63) is 47.3 Å². The molecular formula is C21H28N4. The zero-order chi connectivity index (χ0) is 17.6. The van der Waals surface area contributed by atoms with E-state index in [9.17, 15) is 0 Å². The standard InChI is InChI=1S/C21H28N4/c1-5-14(4)22-19-11-20(24-21(23-19)13(2)3)25-12-15-10-18(25)17-9-7-6-8-16(15)17/h6-9,11,13-15,18H,5,10,12H2,1-4H3,(H,22,23,24)/t14-,15+,18-/m0/s1. The molecule has 1 aromatic heterocycles. The molecule has 1 N–H and O–H groups in total. The molecule has 0 spiro atoms. The summed E-state index contributed by atoms with van der Waals surface area (Å²) in [5, 5.41) is 3.54. The molecule has 3 atom stereocenters. The molecule has 1 saturated heterocycles. The maximum Gasteiger partial charge on any atom is 0.135 e. The van der Waals surface area contributed by atoms with Gasteiger partial charge in [0.25, 0.3) is 0 Å². The average Bonchev–Trinajstić information content (AvgIpc) is 3.21. The molecule has 0 radical (unpaired) electrons. The predicted molar refractivity (Wildman–Crippen MR) is 103 cm³/mol. The maximum atomic E-state index is 4.91. The van der Waals surface area contributed by atoms with E-state index in [4.69, 9.17) is 9.97 Å². The number of hydrogen-bond donors (Lipinski definition) is 1. The summed E-state index contributed by atoms with van der Waals surface area (Å²) in [6.45, 7) is 9.79. The SMILES string of the molecule is CC[C@H](C)Nc1cc(N2C[C@H]3C[C@H]2c2ccccc23)nc(C(C)C)n1. The molecule has 132 valence electrons. The van der Waals surface area contributed by atoms with Gasteiger partial charge in [-0.2, -0.15) is 0 Å². The zero-order valence-electron chi connectivity index (χ0n) is 15.7. The van der Waals surface area contributed by atoms with E-state index in [0.717, 1.165) is 30.4 Å². The lowest BCUT2D eigenvalue weighted by molar-refractivity contribution is 0.704. The van der Waals surface area contributed by atoms with Gasteiger partial charge in [-0.15, -0.1) is 0 Å². The Morgan fingerprint density at radius 1 is 1.16 bits per heavy atom. The lowest BCUT2D eigenvalue weighted by atomic mass is 9.99. The van der Waals surface area contributed by atoms with E-state index in [1.807, 2.05) is 0 Å². The van der Waals surface area contributed by atoms with Crippen molar-refractivity contribution in [2.24, 2.45) is 0 Å². The van der Waals surface area contributed by atoms with Crippen molar-refractivity contribution in [2.45, 2.75) is 64.5 Å². The van der Waals surface area contributed by atoms with Crippen LogP contribution in [0.15, 0.2) is 30.3 Å². The highest BCUT2D eigenvalue weighted by atomic mass is 15.3. The molecule has 0 unspecified atom stereocenters. The second-order valence-electron chi connectivity index (χ2n) is 7.81. The van der Waals surface area contributed by atoms with Crippen molar-refractivity contribution in [1.82, 2.24) is 9.97 Å². The Morgan fingerprint density at radius 2 is 1.92 bits per heavy atom. The van der Waals surface area contributed by atoms with Gasteiger partial charge in [-0.1, -0.05) is 45.0 Å². The summed E-state index contributed by atoms with van der Waals surface area (Å²) in [6.07, 6.45) is 2.30. The molecule has 0 saturated carbocycles. The van der Waals surface area contributed by atoms with Gasteiger partial charge in [0.05, 0.1) is 6.04 Å². The summed E-state index contributed by atoms with van der Waals surface area (Å²) in [7, 11) is 0. The number of hydrogen-bond acceptors (Lipinski definition) is 4. The number of nitrogens with one attached hydrogen (secondary N) is 1. The molecular weight excluding hydrogens is 308 g/mol. The second kappa shape index (κ2) is 6.32. The highest BCUT2D eigenvalue weighted by Crippen LogP contribution is 2.51. The number of anilines is 2. The Hall–Kier alpha value is -2.10. The van der Waals surface area contributed by atoms with E-state index in [1.54, 1.807) is 5.56 Å². The van der Waals surface area contributed by atoms with Crippen molar-refractivity contribution in [2.75, 3.05) is 16.8 Å². The molecule has 4 rings (SSSR count). The van der Waals surface area contributed by atoms with Crippen molar-refractivity contribution in [1.29, 1.82) is 0 Å². The number of nitrogens with zero attached hydrogens (tertiary/aromatic N) is 3. The van der Waals surface area contributed by atoms with Gasteiger partial charge in [0.2, 0.25) is 0 Å². The molecule has 2 aliphatic rings. The largest absolute Gasteiger partial charge is 0.367 e. The Morgan fingerprint density at radius 3 is 2.64 bits per heavy atom. The molecule has 4 heteroatoms. The maximum absolute atomic E-state index is 4.91. The molecule has 2 bridgehead atoms. The van der Waals surface area contributed by atoms with Crippen molar-refractivity contribution in [3.8, 4) is 0 Å². The lowest BCUT2D eigenvalue weighted by Crippen LogP contribution is -2.28. The first-order valence-electron chi connectivity index (χ1n) is 9.57. The highest BCUT2D eigenvalue weighted by molar-refractivity contribution is 5.57. The highest BCUT2D eigenvalue weighted by Gasteiger charge is 2.42. The van der Waals surface area contributed by atoms with Crippen LogP contribution in [-0.2, 0) is 0 Å². The molecule has 4 nitrogen and oxygen atoms in total. The predicted octanol–water partition coefficient (Wildman–Crippen LogP) is 4.86. The van der Waals surface area contributed by atoms with Gasteiger partial charge >= 0.3 is 0 Å². The van der Waals surface area contributed by atoms with Crippen molar-refractivity contribution < 1.29 is 0 Å². The van der Waals surface area contributed by atoms with Gasteiger partial charge in [-0.3, -0.25) is 0 Å². The van der Waals surface area contributed by atoms with E-state index in [1.165, 1.54) is 12.0 Å². The summed E-state index contributed by atoms with van der Waals surface area (Å²) >= 11 is 0. The summed E-state index contributed by atoms with van der Waals surface area (Å²) in [6, 6.07) is 11.9. The van der Waals surface area contributed by atoms with Gasteiger partial charge in [0, 0.05) is 30.5 Å². The topological polar surface area (TPSA) is 41.0 Å². The Balaban J connectivity index is 1.69. The van der Waals surface area contributed by atoms with Crippen LogP contribution in [0, 0.1) is 0 Å². The quantitative estimate of drug-likeness (QED) is 0.846. The Kier molecular flexibility index (Phi) is 4.14. The fraction of sp³-hybridized carbons (Fsp3) is 0.524. The summed E-state index contributed by atoms with van der Waals surface area (Å²) < 4.78 is 0. The van der Waals surface area contributed by atoms with E-state index in [-0.39, 0.29) is 0 Å². The first-order valence-corrected chi connectivity index (χ1v) is 9.57. The van der Waals surface area contributed by atoms with Gasteiger partial charge < -0.3 is 10.2 Å². The molecule has 1 aromatic carbocycles. The van der Waals surface area contributed by atoms with Crippen LogP contribution >= 0.6 is 0 Å². The van der Waals surface area contributed by atoms with Gasteiger partial charge in [-0.05, 0) is 30.9 Å². The molecule has 25 heavy (non-hydrogen) atoms. The summed E-state index contributed by atoms with van der Waals surface area (Å²) in [5.41, 5.74) is 3.03. The number of benzene rings is 1. The number of rotatable bonds is 5. The van der Waals surface area contributed by atoms with Gasteiger partial charge in [0.15, 0.2) is 0 Å². The molecule has 1 aliphatic heterocycles. The van der Waals surface area contributed by atoms with Crippen LogP contribution in [0.4, 0.5) is 11.6 Å². The van der Waals surface area contributed by atoms with E-state index >= 15 is 0 Å². The molecule has 1 fully saturated rings. The zero-order valence-corrected chi connectivity index (χ0v) is 15.7. The molecule has 1 aliphatic carbocycles. The summed E-state index contributed by atoms with van der Waals surface area (Å²) in [5.74, 6) is 3.93. The van der Waals surface area contributed by atoms with Crippen LogP contribution < -0.4 is 10.2 Å².